The van der Waals surface area contributed by atoms with Crippen LogP contribution in [0.2, 0.25) is 0 Å². The molecule has 1 unspecified atom stereocenters. The first-order chi connectivity index (χ1) is 9.26. The average Bonchev–Trinajstić information content (AvgIpc) is 3.05. The van der Waals surface area contributed by atoms with Gasteiger partial charge in [-0.15, -0.1) is 11.3 Å². The fourth-order valence-corrected chi connectivity index (χ4v) is 3.77. The van der Waals surface area contributed by atoms with Gasteiger partial charge in [0.15, 0.2) is 5.13 Å². The van der Waals surface area contributed by atoms with Gasteiger partial charge >= 0.3 is 5.97 Å². The molecule has 0 saturated carbocycles. The molecule has 1 aromatic rings. The lowest BCUT2D eigenvalue weighted by Crippen LogP contribution is -2.50. The molecule has 19 heavy (non-hydrogen) atoms. The highest BCUT2D eigenvalue weighted by molar-refractivity contribution is 7.13. The van der Waals surface area contributed by atoms with Crippen molar-refractivity contribution in [2.24, 2.45) is 0 Å². The third kappa shape index (κ3) is 2.74. The number of hydrogen-bond donors (Lipinski definition) is 0. The van der Waals surface area contributed by atoms with Gasteiger partial charge < -0.3 is 9.64 Å². The molecule has 3 heterocycles. The largest absolute Gasteiger partial charge is 0.469 e. The van der Waals surface area contributed by atoms with E-state index in [0.29, 0.717) is 6.04 Å². The molecule has 1 atom stereocenters. The van der Waals surface area contributed by atoms with Gasteiger partial charge in [0.1, 0.15) is 0 Å². The van der Waals surface area contributed by atoms with Gasteiger partial charge in [0.2, 0.25) is 0 Å². The van der Waals surface area contributed by atoms with Gasteiger partial charge in [-0.1, -0.05) is 0 Å². The summed E-state index contributed by atoms with van der Waals surface area (Å²) < 4.78 is 4.67. The molecule has 0 aliphatic carbocycles. The van der Waals surface area contributed by atoms with Crippen molar-refractivity contribution in [2.45, 2.75) is 25.3 Å². The number of carbonyl (C=O) groups excluding carboxylic acids is 1. The van der Waals surface area contributed by atoms with Crippen molar-refractivity contribution >= 4 is 22.4 Å². The van der Waals surface area contributed by atoms with Crippen LogP contribution in [0.4, 0.5) is 5.13 Å². The van der Waals surface area contributed by atoms with Crippen molar-refractivity contribution in [3.05, 3.63) is 11.1 Å². The minimum absolute atomic E-state index is 0.225. The van der Waals surface area contributed by atoms with Crippen molar-refractivity contribution < 1.29 is 9.53 Å². The second-order valence-electron chi connectivity index (χ2n) is 5.15. The normalized spacial score (nSPS) is 23.4. The third-order valence-electron chi connectivity index (χ3n) is 3.95. The van der Waals surface area contributed by atoms with Crippen LogP contribution in [0.3, 0.4) is 0 Å². The van der Waals surface area contributed by atoms with Gasteiger partial charge in [-0.05, 0) is 19.4 Å². The van der Waals surface area contributed by atoms with Crippen LogP contribution in [0.1, 0.15) is 18.5 Å². The Morgan fingerprint density at radius 1 is 1.53 bits per heavy atom. The summed E-state index contributed by atoms with van der Waals surface area (Å²) in [4.78, 5) is 20.7. The summed E-state index contributed by atoms with van der Waals surface area (Å²) in [6.45, 7) is 4.51. The van der Waals surface area contributed by atoms with Crippen LogP contribution in [-0.2, 0) is 16.0 Å². The number of esters is 1. The highest BCUT2D eigenvalue weighted by Gasteiger charge is 2.31. The van der Waals surface area contributed by atoms with E-state index in [9.17, 15) is 4.79 Å². The summed E-state index contributed by atoms with van der Waals surface area (Å²) in [5.41, 5.74) is 0.820. The van der Waals surface area contributed by atoms with Crippen LogP contribution >= 0.6 is 11.3 Å². The van der Waals surface area contributed by atoms with E-state index in [1.807, 2.05) is 5.38 Å². The lowest BCUT2D eigenvalue weighted by atomic mass is 10.2. The van der Waals surface area contributed by atoms with Crippen molar-refractivity contribution in [2.75, 3.05) is 38.2 Å². The monoisotopic (exact) mass is 281 g/mol. The maximum Gasteiger partial charge on any atom is 0.311 e. The first-order valence-electron chi connectivity index (χ1n) is 6.76. The number of methoxy groups -OCH3 is 1. The maximum absolute atomic E-state index is 11.2. The second-order valence-corrected chi connectivity index (χ2v) is 5.99. The Morgan fingerprint density at radius 2 is 2.42 bits per heavy atom. The molecule has 6 heteroatoms. The van der Waals surface area contributed by atoms with Gasteiger partial charge in [0, 0.05) is 31.1 Å². The zero-order valence-electron chi connectivity index (χ0n) is 11.2. The van der Waals surface area contributed by atoms with E-state index in [-0.39, 0.29) is 12.4 Å². The number of hydrogen-bond acceptors (Lipinski definition) is 6. The van der Waals surface area contributed by atoms with E-state index in [1.165, 1.54) is 26.5 Å². The summed E-state index contributed by atoms with van der Waals surface area (Å²) >= 11 is 1.63. The first kappa shape index (κ1) is 12.9. The van der Waals surface area contributed by atoms with Gasteiger partial charge in [0.05, 0.1) is 19.2 Å². The zero-order chi connectivity index (χ0) is 13.2. The van der Waals surface area contributed by atoms with Crippen LogP contribution < -0.4 is 4.90 Å². The fraction of sp³-hybridized carbons (Fsp3) is 0.692. The topological polar surface area (TPSA) is 45.7 Å². The Bertz CT molecular complexity index is 462. The number of anilines is 1. The van der Waals surface area contributed by atoms with Crippen molar-refractivity contribution in [1.29, 1.82) is 0 Å². The summed E-state index contributed by atoms with van der Waals surface area (Å²) in [6.07, 6.45) is 2.90. The number of nitrogens with zero attached hydrogens (tertiary/aromatic N) is 3. The molecule has 0 spiro atoms. The summed E-state index contributed by atoms with van der Waals surface area (Å²) in [5, 5.41) is 3.01. The number of thiazole rings is 1. The molecule has 0 N–H and O–H groups in total. The zero-order valence-corrected chi connectivity index (χ0v) is 12.0. The predicted octanol–water partition coefficient (Wildman–Crippen LogP) is 1.14. The highest BCUT2D eigenvalue weighted by Crippen LogP contribution is 2.27. The summed E-state index contributed by atoms with van der Waals surface area (Å²) in [7, 11) is 1.41. The molecule has 2 aliphatic heterocycles. The molecule has 2 fully saturated rings. The van der Waals surface area contributed by atoms with Crippen LogP contribution in [0, 0.1) is 0 Å². The molecule has 0 aromatic carbocycles. The van der Waals surface area contributed by atoms with Crippen molar-refractivity contribution in [3.8, 4) is 0 Å². The maximum atomic E-state index is 11.2. The molecule has 5 nitrogen and oxygen atoms in total. The summed E-state index contributed by atoms with van der Waals surface area (Å²) in [5.74, 6) is -0.225. The highest BCUT2D eigenvalue weighted by atomic mass is 32.1. The second kappa shape index (κ2) is 5.46. The molecule has 3 rings (SSSR count). The molecule has 0 bridgehead atoms. The third-order valence-corrected chi connectivity index (χ3v) is 4.90. The van der Waals surface area contributed by atoms with Crippen molar-refractivity contribution in [1.82, 2.24) is 9.88 Å². The Morgan fingerprint density at radius 3 is 3.26 bits per heavy atom. The van der Waals surface area contributed by atoms with Gasteiger partial charge in [-0.2, -0.15) is 0 Å². The Hall–Kier alpha value is -1.14. The van der Waals surface area contributed by atoms with Crippen LogP contribution in [-0.4, -0.2) is 55.2 Å². The number of fused-ring (bicyclic) bond motifs is 1. The quantitative estimate of drug-likeness (QED) is 0.778. The lowest BCUT2D eigenvalue weighted by molar-refractivity contribution is -0.139. The standard InChI is InChI=1S/C13H19N3O2S/c1-18-12(17)7-10-9-19-13(14-10)16-6-5-15-4-2-3-11(15)8-16/h9,11H,2-8H2,1H3. The minimum atomic E-state index is -0.225. The van der Waals surface area contributed by atoms with Gasteiger partial charge in [-0.3, -0.25) is 9.69 Å². The molecular formula is C13H19N3O2S. The number of aromatic nitrogens is 1. The SMILES string of the molecule is COC(=O)Cc1csc(N2CCN3CCCC3C2)n1. The molecule has 2 saturated heterocycles. The molecule has 0 radical (unpaired) electrons. The number of piperazine rings is 1. The molecule has 2 aliphatic rings. The van der Waals surface area contributed by atoms with E-state index < -0.39 is 0 Å². The molecule has 104 valence electrons. The van der Waals surface area contributed by atoms with Crippen LogP contribution in [0.25, 0.3) is 0 Å². The Labute approximate surface area is 117 Å². The van der Waals surface area contributed by atoms with Gasteiger partial charge in [-0.25, -0.2) is 4.98 Å². The van der Waals surface area contributed by atoms with Crippen molar-refractivity contribution in [3.63, 3.8) is 0 Å². The smallest absolute Gasteiger partial charge is 0.311 e. The van der Waals surface area contributed by atoms with E-state index >= 15 is 0 Å². The number of rotatable bonds is 3. The Balaban J connectivity index is 1.64. The van der Waals surface area contributed by atoms with Crippen LogP contribution in [0.15, 0.2) is 5.38 Å². The van der Waals surface area contributed by atoms with Gasteiger partial charge in [0.25, 0.3) is 0 Å². The van der Waals surface area contributed by atoms with Crippen LogP contribution in [0.5, 0.6) is 0 Å². The fourth-order valence-electron chi connectivity index (χ4n) is 2.91. The van der Waals surface area contributed by atoms with E-state index in [1.54, 1.807) is 11.3 Å². The predicted molar refractivity (Wildman–Crippen MR) is 74.6 cm³/mol. The Kier molecular flexibility index (Phi) is 3.70. The van der Waals surface area contributed by atoms with E-state index in [0.717, 1.165) is 30.5 Å². The average molecular weight is 281 g/mol. The minimum Gasteiger partial charge on any atom is -0.469 e. The molecule has 1 aromatic heterocycles. The summed E-state index contributed by atoms with van der Waals surface area (Å²) in [6, 6.07) is 0.696. The van der Waals surface area contributed by atoms with E-state index in [4.69, 9.17) is 0 Å². The first-order valence-corrected chi connectivity index (χ1v) is 7.64. The number of carbonyl (C=O) groups is 1. The molecular weight excluding hydrogens is 262 g/mol. The van der Waals surface area contributed by atoms with E-state index in [2.05, 4.69) is 19.5 Å². The lowest BCUT2D eigenvalue weighted by Gasteiger charge is -2.37. The number of ether oxygens (including phenoxy) is 1. The molecule has 0 amide bonds.